The van der Waals surface area contributed by atoms with E-state index in [1.807, 2.05) is 117 Å². The Kier molecular flexibility index (Phi) is 14.0. The van der Waals surface area contributed by atoms with Gasteiger partial charge in [-0.1, -0.05) is 72.8 Å². The monoisotopic (exact) mass is 948 g/mol. The second kappa shape index (κ2) is 19.8. The Morgan fingerprint density at radius 2 is 1.46 bits per heavy atom. The van der Waals surface area contributed by atoms with Crippen molar-refractivity contribution in [2.45, 2.75) is 75.1 Å². The van der Waals surface area contributed by atoms with Crippen molar-refractivity contribution in [3.63, 3.8) is 0 Å². The first-order chi connectivity index (χ1) is 32.3. The lowest BCUT2D eigenvalue weighted by Gasteiger charge is -2.41. The third-order valence-electron chi connectivity index (χ3n) is 12.0. The number of ether oxygens (including phenoxy) is 4. The molecule has 2 bridgehead atoms. The fourth-order valence-electron chi connectivity index (χ4n) is 8.86. The Balaban J connectivity index is 1.29. The van der Waals surface area contributed by atoms with Crippen LogP contribution in [-0.4, -0.2) is 106 Å². The normalized spacial score (nSPS) is 20.6. The molecule has 4 aromatic carbocycles. The number of hydrogen-bond acceptors (Lipinski definition) is 14. The van der Waals surface area contributed by atoms with E-state index in [0.29, 0.717) is 33.8 Å². The number of fused-ring (bicyclic) bond motifs is 3. The van der Waals surface area contributed by atoms with Crippen molar-refractivity contribution in [3.05, 3.63) is 144 Å². The van der Waals surface area contributed by atoms with Crippen LogP contribution in [0, 0.1) is 11.3 Å². The molecule has 2 aliphatic heterocycles. The molecule has 0 radical (unpaired) electrons. The van der Waals surface area contributed by atoms with Gasteiger partial charge >= 0.3 is 0 Å². The van der Waals surface area contributed by atoms with Gasteiger partial charge in [0.1, 0.15) is 35.6 Å². The molecule has 19 heteroatoms. The van der Waals surface area contributed by atoms with Gasteiger partial charge in [0.15, 0.2) is 23.2 Å². The lowest BCUT2D eigenvalue weighted by molar-refractivity contribution is -0.119. The molecule has 1 unspecified atom stereocenters. The van der Waals surface area contributed by atoms with Crippen LogP contribution < -0.4 is 14.8 Å². The predicted molar refractivity (Wildman–Crippen MR) is 251 cm³/mol. The maximum absolute atomic E-state index is 15.4. The van der Waals surface area contributed by atoms with E-state index in [0.717, 1.165) is 0 Å². The summed E-state index contributed by atoms with van der Waals surface area (Å²) in [6, 6.07) is 33.9. The SMILES string of the molecule is COc1ccc(C(OC[C@@]23O[C@@H](n4cnc5c(NC(=O)c6ccccc6)ncnc54)[C@@H]([C@@H]2OP(OCCC#N)N(C(C)C)C(C)C)N(C)S3(=O)=O)(c2ccccc2)c2ccc(OC)cc2)cc1. The molecule has 5 atom stereocenters. The molecule has 2 saturated heterocycles. The molecule has 4 heterocycles. The number of amides is 1. The summed E-state index contributed by atoms with van der Waals surface area (Å²) < 4.78 is 74.7. The summed E-state index contributed by atoms with van der Waals surface area (Å²) in [6.45, 7) is 7.48. The molecule has 0 saturated carbocycles. The van der Waals surface area contributed by atoms with Gasteiger partial charge in [0.25, 0.3) is 14.4 Å². The van der Waals surface area contributed by atoms with Gasteiger partial charge in [-0.05, 0) is 80.8 Å². The number of rotatable bonds is 19. The highest BCUT2D eigenvalue weighted by Crippen LogP contribution is 2.59. The summed E-state index contributed by atoms with van der Waals surface area (Å²) in [4.78, 5) is 24.7. The zero-order valence-corrected chi connectivity index (χ0v) is 39.9. The van der Waals surface area contributed by atoms with Gasteiger partial charge in [0.05, 0.1) is 46.3 Å². The van der Waals surface area contributed by atoms with Gasteiger partial charge in [-0.25, -0.2) is 28.0 Å². The third-order valence-corrected chi connectivity index (χ3v) is 16.5. The summed E-state index contributed by atoms with van der Waals surface area (Å²) in [6.07, 6.45) is 0.496. The van der Waals surface area contributed by atoms with Crippen molar-refractivity contribution in [1.82, 2.24) is 28.5 Å². The summed E-state index contributed by atoms with van der Waals surface area (Å²) in [5, 5.41) is 12.4. The summed E-state index contributed by atoms with van der Waals surface area (Å²) in [5.74, 6) is 0.974. The summed E-state index contributed by atoms with van der Waals surface area (Å²) in [5.41, 5.74) is 1.52. The number of nitrogens with one attached hydrogen (secondary N) is 1. The fourth-order valence-corrected chi connectivity index (χ4v) is 12.7. The quantitative estimate of drug-likeness (QED) is 0.0473. The van der Waals surface area contributed by atoms with Crippen LogP contribution in [0.3, 0.4) is 0 Å². The van der Waals surface area contributed by atoms with Crippen LogP contribution in [0.25, 0.3) is 11.2 Å². The van der Waals surface area contributed by atoms with E-state index >= 15 is 8.42 Å². The molecule has 8 rings (SSSR count). The van der Waals surface area contributed by atoms with Crippen LogP contribution in [-0.2, 0) is 34.1 Å². The van der Waals surface area contributed by atoms with Gasteiger partial charge in [0, 0.05) is 24.7 Å². The van der Waals surface area contributed by atoms with Crippen LogP contribution in [0.4, 0.5) is 5.82 Å². The molecule has 17 nitrogen and oxygen atoms in total. The molecule has 0 aliphatic carbocycles. The number of nitriles is 1. The average molecular weight is 949 g/mol. The number of imidazole rings is 1. The predicted octanol–water partition coefficient (Wildman–Crippen LogP) is 7.63. The van der Waals surface area contributed by atoms with E-state index in [1.54, 1.807) is 43.1 Å². The highest BCUT2D eigenvalue weighted by atomic mass is 32.2. The average Bonchev–Trinajstić information content (AvgIpc) is 3.96. The lowest BCUT2D eigenvalue weighted by Crippen LogP contribution is -2.53. The summed E-state index contributed by atoms with van der Waals surface area (Å²) >= 11 is 0. The topological polar surface area (TPSA) is 192 Å². The number of carbonyl (C=O) groups is 1. The highest BCUT2D eigenvalue weighted by Gasteiger charge is 2.75. The molecule has 67 heavy (non-hydrogen) atoms. The van der Waals surface area contributed by atoms with Crippen molar-refractivity contribution in [2.75, 3.05) is 39.8 Å². The van der Waals surface area contributed by atoms with Gasteiger partial charge in [-0.3, -0.25) is 9.36 Å². The van der Waals surface area contributed by atoms with Gasteiger partial charge in [-0.15, -0.1) is 0 Å². The van der Waals surface area contributed by atoms with Crippen LogP contribution >= 0.6 is 8.53 Å². The number of carbonyl (C=O) groups excluding carboxylic acids is 1. The van der Waals surface area contributed by atoms with Crippen LogP contribution in [0.15, 0.2) is 122 Å². The first kappa shape index (κ1) is 47.6. The Morgan fingerprint density at radius 1 is 0.881 bits per heavy atom. The minimum atomic E-state index is -4.45. The Bertz CT molecular complexity index is 2760. The van der Waals surface area contributed by atoms with Crippen molar-refractivity contribution in [2.24, 2.45) is 0 Å². The lowest BCUT2D eigenvalue weighted by atomic mass is 9.80. The van der Waals surface area contributed by atoms with Crippen molar-refractivity contribution >= 4 is 41.4 Å². The highest BCUT2D eigenvalue weighted by molar-refractivity contribution is 7.90. The summed E-state index contributed by atoms with van der Waals surface area (Å²) in [7, 11) is -1.83. The van der Waals surface area contributed by atoms with Crippen molar-refractivity contribution in [3.8, 4) is 17.6 Å². The number of nitrogens with zero attached hydrogens (tertiary/aromatic N) is 7. The molecule has 6 aromatic rings. The number of hydrogen-bond donors (Lipinski definition) is 1. The van der Waals surface area contributed by atoms with Gasteiger partial charge < -0.3 is 33.3 Å². The number of anilines is 1. The molecule has 1 N–H and O–H groups in total. The molecule has 0 spiro atoms. The van der Waals surface area contributed by atoms with E-state index in [1.165, 1.54) is 24.0 Å². The molecule has 2 aromatic heterocycles. The van der Waals surface area contributed by atoms with Crippen LogP contribution in [0.5, 0.6) is 11.5 Å². The van der Waals surface area contributed by atoms with Gasteiger partial charge in [0.2, 0.25) is 15.0 Å². The first-order valence-corrected chi connectivity index (χ1v) is 24.3. The standard InChI is InChI=1S/C48H53N8O9PS/c1-32(2)56(33(3)4)66(63-28-14-27-49)65-42-41-46(55-31-52-40-43(50-30-51-44(40)55)53-45(57)34-15-10-8-11-16-34)64-47(42,67(58,59)54(41)5)29-62-48(35-17-12-9-13-18-35,36-19-23-38(60-6)24-20-36)37-21-25-39(61-7)26-22-37/h8-13,15-26,30-33,41-42,46H,14,28-29H2,1-7H3,(H,50,51,53,57)/t41-,42+,46-,47+,66?/m1/s1. The van der Waals surface area contributed by atoms with Gasteiger partial charge in [-0.2, -0.15) is 9.57 Å². The zero-order valence-electron chi connectivity index (χ0n) is 38.2. The Hall–Kier alpha value is -5.87. The van der Waals surface area contributed by atoms with Crippen LogP contribution in [0.2, 0.25) is 0 Å². The number of aromatic nitrogens is 4. The maximum atomic E-state index is 15.4. The van der Waals surface area contributed by atoms with E-state index in [-0.39, 0.29) is 42.1 Å². The minimum absolute atomic E-state index is 0.0402. The fraction of sp³-hybridized carbons (Fsp3) is 0.354. The second-order valence-corrected chi connectivity index (χ2v) is 20.2. The Labute approximate surface area is 391 Å². The molecule has 2 aliphatic rings. The number of methoxy groups -OCH3 is 2. The van der Waals surface area contributed by atoms with E-state index in [9.17, 15) is 10.1 Å². The van der Waals surface area contributed by atoms with E-state index < -0.39 is 60.0 Å². The molecule has 1 amide bonds. The van der Waals surface area contributed by atoms with E-state index in [4.69, 9.17) is 28.0 Å². The first-order valence-electron chi connectivity index (χ1n) is 21.7. The molecule has 350 valence electrons. The van der Waals surface area contributed by atoms with E-state index in [2.05, 4.69) is 26.3 Å². The second-order valence-electron chi connectivity index (χ2n) is 16.6. The number of benzene rings is 4. The Morgan fingerprint density at radius 3 is 2.03 bits per heavy atom. The third kappa shape index (κ3) is 8.67. The molecular formula is C48H53N8O9PS. The number of sulfonamides is 1. The maximum Gasteiger partial charge on any atom is 0.259 e. The molecular weight excluding hydrogens is 896 g/mol. The van der Waals surface area contributed by atoms with Crippen LogP contribution in [0.1, 0.15) is 67.4 Å². The minimum Gasteiger partial charge on any atom is -0.497 e. The molecule has 2 fully saturated rings. The zero-order chi connectivity index (χ0) is 47.5. The van der Waals surface area contributed by atoms with Crippen molar-refractivity contribution < 1.29 is 41.2 Å². The van der Waals surface area contributed by atoms with Crippen molar-refractivity contribution in [1.29, 1.82) is 5.26 Å². The number of likely N-dealkylation sites (N-methyl/N-ethyl adjacent to an activating group) is 1. The smallest absolute Gasteiger partial charge is 0.259 e. The largest absolute Gasteiger partial charge is 0.497 e.